The predicted octanol–water partition coefficient (Wildman–Crippen LogP) is 3.29. The summed E-state index contributed by atoms with van der Waals surface area (Å²) in [5.41, 5.74) is -1.68. The van der Waals surface area contributed by atoms with Crippen LogP contribution in [0.25, 0.3) is 0 Å². The molecule has 17 heavy (non-hydrogen) atoms. The molecule has 1 aliphatic rings. The molecule has 1 saturated heterocycles. The fraction of sp³-hybridized carbons (Fsp3) is 0.455. The van der Waals surface area contributed by atoms with Crippen LogP contribution >= 0.6 is 15.9 Å². The highest BCUT2D eigenvalue weighted by Gasteiger charge is 2.61. The van der Waals surface area contributed by atoms with Crippen molar-refractivity contribution in [3.63, 3.8) is 0 Å². The van der Waals surface area contributed by atoms with Crippen molar-refractivity contribution in [2.45, 2.75) is 11.6 Å². The Morgan fingerprint density at radius 2 is 2.00 bits per heavy atom. The van der Waals surface area contributed by atoms with Crippen molar-refractivity contribution in [3.8, 4) is 5.75 Å². The third-order valence-electron chi connectivity index (χ3n) is 2.94. The molecule has 94 valence electrons. The third kappa shape index (κ3) is 1.93. The molecule has 0 saturated carbocycles. The number of methoxy groups -OCH3 is 1. The SMILES string of the molecule is COc1ccc(C2(C(F)(F)F)COC2)cc1Br. The average Bonchev–Trinajstić information content (AvgIpc) is 2.13. The minimum Gasteiger partial charge on any atom is -0.496 e. The summed E-state index contributed by atoms with van der Waals surface area (Å²) < 4.78 is 49.3. The molecule has 1 aromatic rings. The second-order valence-corrected chi connectivity index (χ2v) is 4.78. The van der Waals surface area contributed by atoms with Gasteiger partial charge in [0.25, 0.3) is 0 Å². The first-order valence-corrected chi connectivity index (χ1v) is 5.68. The Morgan fingerprint density at radius 1 is 1.35 bits per heavy atom. The van der Waals surface area contributed by atoms with E-state index < -0.39 is 11.6 Å². The molecule has 0 radical (unpaired) electrons. The Balaban J connectivity index is 2.42. The van der Waals surface area contributed by atoms with Crippen molar-refractivity contribution < 1.29 is 22.6 Å². The highest BCUT2D eigenvalue weighted by atomic mass is 79.9. The third-order valence-corrected chi connectivity index (χ3v) is 3.56. The summed E-state index contributed by atoms with van der Waals surface area (Å²) >= 11 is 3.19. The smallest absolute Gasteiger partial charge is 0.402 e. The van der Waals surface area contributed by atoms with E-state index in [1.165, 1.54) is 25.3 Å². The number of hydrogen-bond acceptors (Lipinski definition) is 2. The van der Waals surface area contributed by atoms with Gasteiger partial charge in [-0.15, -0.1) is 0 Å². The first-order chi connectivity index (χ1) is 7.90. The lowest BCUT2D eigenvalue weighted by Crippen LogP contribution is -2.57. The van der Waals surface area contributed by atoms with Crippen molar-refractivity contribution in [1.82, 2.24) is 0 Å². The van der Waals surface area contributed by atoms with Gasteiger partial charge in [0, 0.05) is 0 Å². The summed E-state index contributed by atoms with van der Waals surface area (Å²) in [5, 5.41) is 0. The van der Waals surface area contributed by atoms with Gasteiger partial charge in [-0.1, -0.05) is 6.07 Å². The van der Waals surface area contributed by atoms with Gasteiger partial charge in [-0.3, -0.25) is 0 Å². The summed E-state index contributed by atoms with van der Waals surface area (Å²) in [6, 6.07) is 4.39. The highest BCUT2D eigenvalue weighted by molar-refractivity contribution is 9.10. The predicted molar refractivity (Wildman–Crippen MR) is 59.2 cm³/mol. The van der Waals surface area contributed by atoms with E-state index in [2.05, 4.69) is 15.9 Å². The molecule has 0 atom stereocenters. The van der Waals surface area contributed by atoms with Gasteiger partial charge in [0.2, 0.25) is 0 Å². The van der Waals surface area contributed by atoms with Crippen LogP contribution in [0.2, 0.25) is 0 Å². The van der Waals surface area contributed by atoms with Crippen LogP contribution in [0.3, 0.4) is 0 Å². The minimum atomic E-state index is -4.31. The summed E-state index contributed by atoms with van der Waals surface area (Å²) in [5.74, 6) is 0.506. The van der Waals surface area contributed by atoms with E-state index >= 15 is 0 Å². The van der Waals surface area contributed by atoms with Crippen molar-refractivity contribution in [2.75, 3.05) is 20.3 Å². The second-order valence-electron chi connectivity index (χ2n) is 3.92. The van der Waals surface area contributed by atoms with Gasteiger partial charge in [0.1, 0.15) is 11.2 Å². The Bertz CT molecular complexity index is 427. The number of ether oxygens (including phenoxy) is 2. The molecule has 0 N–H and O–H groups in total. The Morgan fingerprint density at radius 3 is 2.35 bits per heavy atom. The van der Waals surface area contributed by atoms with Crippen LogP contribution in [0.1, 0.15) is 5.56 Å². The molecule has 0 aliphatic carbocycles. The van der Waals surface area contributed by atoms with Gasteiger partial charge in [-0.2, -0.15) is 13.2 Å². The summed E-state index contributed by atoms with van der Waals surface area (Å²) in [6.45, 7) is -0.648. The average molecular weight is 311 g/mol. The van der Waals surface area contributed by atoms with E-state index in [1.807, 2.05) is 0 Å². The molecule has 0 amide bonds. The first-order valence-electron chi connectivity index (χ1n) is 4.89. The summed E-state index contributed by atoms with van der Waals surface area (Å²) in [6.07, 6.45) is -4.31. The van der Waals surface area contributed by atoms with E-state index in [1.54, 1.807) is 0 Å². The Labute approximate surface area is 105 Å². The van der Waals surface area contributed by atoms with Crippen LogP contribution in [-0.4, -0.2) is 26.5 Å². The minimum absolute atomic E-state index is 0.198. The quantitative estimate of drug-likeness (QED) is 0.834. The molecule has 1 aromatic carbocycles. The first kappa shape index (κ1) is 12.7. The van der Waals surface area contributed by atoms with Crippen LogP contribution < -0.4 is 4.74 Å². The molecule has 6 heteroatoms. The van der Waals surface area contributed by atoms with Crippen molar-refractivity contribution in [2.24, 2.45) is 0 Å². The van der Waals surface area contributed by atoms with Gasteiger partial charge in [0.15, 0.2) is 0 Å². The number of hydrogen-bond donors (Lipinski definition) is 0. The highest BCUT2D eigenvalue weighted by Crippen LogP contribution is 2.47. The molecule has 2 rings (SSSR count). The van der Waals surface area contributed by atoms with E-state index in [9.17, 15) is 13.2 Å². The number of alkyl halides is 3. The fourth-order valence-electron chi connectivity index (χ4n) is 1.76. The molecule has 0 spiro atoms. The molecule has 1 heterocycles. The Kier molecular flexibility index (Phi) is 3.12. The monoisotopic (exact) mass is 310 g/mol. The molecule has 1 fully saturated rings. The number of rotatable bonds is 2. The molecule has 0 aromatic heterocycles. The fourth-order valence-corrected chi connectivity index (χ4v) is 2.30. The van der Waals surface area contributed by atoms with Gasteiger partial charge in [0.05, 0.1) is 24.8 Å². The van der Waals surface area contributed by atoms with Crippen LogP contribution in [0, 0.1) is 0 Å². The molecule has 1 aliphatic heterocycles. The van der Waals surface area contributed by atoms with E-state index in [4.69, 9.17) is 9.47 Å². The van der Waals surface area contributed by atoms with E-state index in [0.29, 0.717) is 10.2 Å². The maximum atomic E-state index is 13.0. The van der Waals surface area contributed by atoms with E-state index in [-0.39, 0.29) is 18.8 Å². The molecular formula is C11H10BrF3O2. The Hall–Kier alpha value is -0.750. The summed E-state index contributed by atoms with van der Waals surface area (Å²) in [4.78, 5) is 0. The summed E-state index contributed by atoms with van der Waals surface area (Å²) in [7, 11) is 1.46. The van der Waals surface area contributed by atoms with Gasteiger partial charge in [-0.25, -0.2) is 0 Å². The van der Waals surface area contributed by atoms with Crippen LogP contribution in [0.5, 0.6) is 5.75 Å². The normalized spacial score (nSPS) is 18.6. The second kappa shape index (κ2) is 4.17. The van der Waals surface area contributed by atoms with Gasteiger partial charge >= 0.3 is 6.18 Å². The number of benzene rings is 1. The molecule has 2 nitrogen and oxygen atoms in total. The van der Waals surface area contributed by atoms with Gasteiger partial charge in [-0.05, 0) is 33.6 Å². The molecular weight excluding hydrogens is 301 g/mol. The maximum absolute atomic E-state index is 13.0. The lowest BCUT2D eigenvalue weighted by atomic mass is 9.78. The zero-order valence-corrected chi connectivity index (χ0v) is 10.6. The topological polar surface area (TPSA) is 18.5 Å². The van der Waals surface area contributed by atoms with Crippen LogP contribution in [-0.2, 0) is 10.2 Å². The lowest BCUT2D eigenvalue weighted by molar-refractivity contribution is -0.262. The largest absolute Gasteiger partial charge is 0.496 e. The zero-order valence-electron chi connectivity index (χ0n) is 8.97. The molecule has 0 unspecified atom stereocenters. The van der Waals surface area contributed by atoms with Gasteiger partial charge < -0.3 is 9.47 Å². The molecule has 0 bridgehead atoms. The van der Waals surface area contributed by atoms with Crippen molar-refractivity contribution >= 4 is 15.9 Å². The van der Waals surface area contributed by atoms with E-state index in [0.717, 1.165) is 0 Å². The van der Waals surface area contributed by atoms with Crippen molar-refractivity contribution in [3.05, 3.63) is 28.2 Å². The van der Waals surface area contributed by atoms with Crippen molar-refractivity contribution in [1.29, 1.82) is 0 Å². The standard InChI is InChI=1S/C11H10BrF3O2/c1-16-9-3-2-7(4-8(9)12)10(5-17-6-10)11(13,14)15/h2-4H,5-6H2,1H3. The maximum Gasteiger partial charge on any atom is 0.402 e. The van der Waals surface area contributed by atoms with Crippen LogP contribution in [0.15, 0.2) is 22.7 Å². The lowest BCUT2D eigenvalue weighted by Gasteiger charge is -2.43. The number of halogens is 4. The van der Waals surface area contributed by atoms with Crippen LogP contribution in [0.4, 0.5) is 13.2 Å². The zero-order chi connectivity index (χ0) is 12.7.